The van der Waals surface area contributed by atoms with Crippen molar-refractivity contribution in [1.82, 2.24) is 0 Å². The third-order valence-electron chi connectivity index (χ3n) is 3.47. The Morgan fingerprint density at radius 2 is 2.20 bits per heavy atom. The first-order valence-electron chi connectivity index (χ1n) is 6.87. The number of benzene rings is 1. The molecule has 2 rings (SSSR count). The summed E-state index contributed by atoms with van der Waals surface area (Å²) in [6.07, 6.45) is 6.38. The SMILES string of the molecule is C=CCC[C@H]1C[C@H](c2ccccc2)C=C(C(=O)OC)O1. The van der Waals surface area contributed by atoms with Crippen LogP contribution in [0.2, 0.25) is 0 Å². The summed E-state index contributed by atoms with van der Waals surface area (Å²) < 4.78 is 10.5. The van der Waals surface area contributed by atoms with Gasteiger partial charge in [-0.05, 0) is 30.9 Å². The van der Waals surface area contributed by atoms with E-state index in [4.69, 9.17) is 9.47 Å². The highest BCUT2D eigenvalue weighted by molar-refractivity contribution is 5.86. The van der Waals surface area contributed by atoms with E-state index in [1.54, 1.807) is 0 Å². The van der Waals surface area contributed by atoms with Gasteiger partial charge in [0.15, 0.2) is 0 Å². The van der Waals surface area contributed by atoms with E-state index in [-0.39, 0.29) is 12.0 Å². The summed E-state index contributed by atoms with van der Waals surface area (Å²) in [5, 5.41) is 0. The zero-order chi connectivity index (χ0) is 14.4. The van der Waals surface area contributed by atoms with Gasteiger partial charge in [-0.2, -0.15) is 0 Å². The predicted octanol–water partition coefficient (Wildman–Crippen LogP) is 3.58. The Balaban J connectivity index is 2.21. The first-order chi connectivity index (χ1) is 9.74. The smallest absolute Gasteiger partial charge is 0.373 e. The Kier molecular flexibility index (Phi) is 4.99. The van der Waals surface area contributed by atoms with Gasteiger partial charge >= 0.3 is 5.97 Å². The second-order valence-corrected chi connectivity index (χ2v) is 4.88. The van der Waals surface area contributed by atoms with Crippen LogP contribution in [0.3, 0.4) is 0 Å². The lowest BCUT2D eigenvalue weighted by Crippen LogP contribution is -2.25. The standard InChI is InChI=1S/C17H20O3/c1-3-4-10-15-11-14(13-8-6-5-7-9-13)12-16(20-15)17(18)19-2/h3,5-9,12,14-15H,1,4,10-11H2,2H3/t14-,15-/m0/s1. The average molecular weight is 272 g/mol. The largest absolute Gasteiger partial charge is 0.483 e. The Morgan fingerprint density at radius 1 is 1.45 bits per heavy atom. The summed E-state index contributed by atoms with van der Waals surface area (Å²) in [5.41, 5.74) is 1.20. The number of esters is 1. The molecule has 0 aliphatic carbocycles. The molecule has 20 heavy (non-hydrogen) atoms. The lowest BCUT2D eigenvalue weighted by molar-refractivity contribution is -0.142. The van der Waals surface area contributed by atoms with Crippen LogP contribution < -0.4 is 0 Å². The number of carbonyl (C=O) groups is 1. The highest BCUT2D eigenvalue weighted by Gasteiger charge is 2.27. The summed E-state index contributed by atoms with van der Waals surface area (Å²) in [7, 11) is 1.37. The molecule has 0 radical (unpaired) electrons. The van der Waals surface area contributed by atoms with Gasteiger partial charge in [0, 0.05) is 5.92 Å². The zero-order valence-corrected chi connectivity index (χ0v) is 11.7. The van der Waals surface area contributed by atoms with Gasteiger partial charge in [-0.25, -0.2) is 4.79 Å². The van der Waals surface area contributed by atoms with E-state index >= 15 is 0 Å². The summed E-state index contributed by atoms with van der Waals surface area (Å²) in [4.78, 5) is 11.7. The molecule has 2 atom stereocenters. The van der Waals surface area contributed by atoms with Gasteiger partial charge in [-0.15, -0.1) is 6.58 Å². The minimum atomic E-state index is -0.408. The summed E-state index contributed by atoms with van der Waals surface area (Å²) >= 11 is 0. The van der Waals surface area contributed by atoms with Crippen molar-refractivity contribution >= 4 is 5.97 Å². The molecule has 0 aromatic heterocycles. The second kappa shape index (κ2) is 6.94. The van der Waals surface area contributed by atoms with Crippen molar-refractivity contribution in [3.05, 3.63) is 60.4 Å². The first kappa shape index (κ1) is 14.4. The zero-order valence-electron chi connectivity index (χ0n) is 11.7. The van der Waals surface area contributed by atoms with E-state index in [2.05, 4.69) is 18.7 Å². The van der Waals surface area contributed by atoms with Crippen molar-refractivity contribution in [3.63, 3.8) is 0 Å². The van der Waals surface area contributed by atoms with E-state index in [0.717, 1.165) is 19.3 Å². The van der Waals surface area contributed by atoms with Crippen LogP contribution in [0.4, 0.5) is 0 Å². The molecule has 3 nitrogen and oxygen atoms in total. The van der Waals surface area contributed by atoms with E-state index in [0.29, 0.717) is 5.76 Å². The Hall–Kier alpha value is -2.03. The average Bonchev–Trinajstić information content (AvgIpc) is 2.52. The number of allylic oxidation sites excluding steroid dienone is 2. The molecule has 1 aromatic rings. The van der Waals surface area contributed by atoms with E-state index in [1.807, 2.05) is 30.4 Å². The molecular formula is C17H20O3. The molecule has 0 amide bonds. The third kappa shape index (κ3) is 3.50. The molecule has 0 unspecified atom stereocenters. The normalized spacial score (nSPS) is 21.6. The molecule has 106 valence electrons. The van der Waals surface area contributed by atoms with Crippen LogP contribution in [-0.2, 0) is 14.3 Å². The Labute approximate surface area is 119 Å². The molecule has 0 fully saturated rings. The van der Waals surface area contributed by atoms with Crippen LogP contribution in [0.1, 0.15) is 30.7 Å². The topological polar surface area (TPSA) is 35.5 Å². The highest BCUT2D eigenvalue weighted by atomic mass is 16.6. The van der Waals surface area contributed by atoms with Gasteiger partial charge in [0.05, 0.1) is 7.11 Å². The first-order valence-corrected chi connectivity index (χ1v) is 6.87. The lowest BCUT2D eigenvalue weighted by Gasteiger charge is -2.28. The van der Waals surface area contributed by atoms with Crippen LogP contribution in [0.5, 0.6) is 0 Å². The molecule has 0 bridgehead atoms. The van der Waals surface area contributed by atoms with Crippen LogP contribution >= 0.6 is 0 Å². The minimum Gasteiger partial charge on any atom is -0.483 e. The van der Waals surface area contributed by atoms with Crippen molar-refractivity contribution in [3.8, 4) is 0 Å². The molecule has 0 saturated carbocycles. The number of hydrogen-bond acceptors (Lipinski definition) is 3. The van der Waals surface area contributed by atoms with Gasteiger partial charge < -0.3 is 9.47 Å². The van der Waals surface area contributed by atoms with Crippen molar-refractivity contribution in [2.45, 2.75) is 31.3 Å². The fourth-order valence-corrected chi connectivity index (χ4v) is 2.43. The molecule has 1 heterocycles. The molecule has 1 aliphatic heterocycles. The Bertz CT molecular complexity index is 490. The van der Waals surface area contributed by atoms with Crippen molar-refractivity contribution < 1.29 is 14.3 Å². The molecule has 3 heteroatoms. The summed E-state index contributed by atoms with van der Waals surface area (Å²) in [5.74, 6) is 0.102. The van der Waals surface area contributed by atoms with Gasteiger partial charge in [0.25, 0.3) is 0 Å². The molecule has 1 aromatic carbocycles. The monoisotopic (exact) mass is 272 g/mol. The maximum atomic E-state index is 11.7. The van der Waals surface area contributed by atoms with Gasteiger partial charge in [-0.1, -0.05) is 36.4 Å². The molecule has 0 N–H and O–H groups in total. The second-order valence-electron chi connectivity index (χ2n) is 4.88. The molecule has 0 saturated heterocycles. The Morgan fingerprint density at radius 3 is 2.85 bits per heavy atom. The van der Waals surface area contributed by atoms with Gasteiger partial charge in [0.2, 0.25) is 5.76 Å². The maximum absolute atomic E-state index is 11.7. The quantitative estimate of drug-likeness (QED) is 0.607. The lowest BCUT2D eigenvalue weighted by atomic mass is 9.89. The van der Waals surface area contributed by atoms with Crippen LogP contribution in [0, 0.1) is 0 Å². The number of methoxy groups -OCH3 is 1. The summed E-state index contributed by atoms with van der Waals surface area (Å²) in [6, 6.07) is 10.2. The molecule has 0 spiro atoms. The van der Waals surface area contributed by atoms with E-state index in [9.17, 15) is 4.79 Å². The number of rotatable bonds is 5. The molecule has 1 aliphatic rings. The fourth-order valence-electron chi connectivity index (χ4n) is 2.43. The fraction of sp³-hybridized carbons (Fsp3) is 0.353. The van der Waals surface area contributed by atoms with Crippen LogP contribution in [-0.4, -0.2) is 19.2 Å². The van der Waals surface area contributed by atoms with E-state index in [1.165, 1.54) is 12.7 Å². The number of carbonyl (C=O) groups excluding carboxylic acids is 1. The molecular weight excluding hydrogens is 252 g/mol. The maximum Gasteiger partial charge on any atom is 0.373 e. The number of hydrogen-bond donors (Lipinski definition) is 0. The van der Waals surface area contributed by atoms with Gasteiger partial charge in [-0.3, -0.25) is 0 Å². The van der Waals surface area contributed by atoms with Crippen LogP contribution in [0.15, 0.2) is 54.8 Å². The predicted molar refractivity (Wildman–Crippen MR) is 78.2 cm³/mol. The van der Waals surface area contributed by atoms with Crippen molar-refractivity contribution in [2.24, 2.45) is 0 Å². The summed E-state index contributed by atoms with van der Waals surface area (Å²) in [6.45, 7) is 3.73. The minimum absolute atomic E-state index is 0.0253. The van der Waals surface area contributed by atoms with Crippen LogP contribution in [0.25, 0.3) is 0 Å². The number of ether oxygens (including phenoxy) is 2. The highest BCUT2D eigenvalue weighted by Crippen LogP contribution is 2.32. The van der Waals surface area contributed by atoms with Gasteiger partial charge in [0.1, 0.15) is 6.10 Å². The van der Waals surface area contributed by atoms with E-state index < -0.39 is 5.97 Å². The van der Waals surface area contributed by atoms with Crippen molar-refractivity contribution in [1.29, 1.82) is 0 Å². The van der Waals surface area contributed by atoms with Crippen molar-refractivity contribution in [2.75, 3.05) is 7.11 Å². The third-order valence-corrected chi connectivity index (χ3v) is 3.47.